The molecule has 1 saturated heterocycles. The quantitative estimate of drug-likeness (QED) is 0.657. The van der Waals surface area contributed by atoms with Crippen molar-refractivity contribution in [2.45, 2.75) is 43.5 Å². The predicted molar refractivity (Wildman–Crippen MR) is 101 cm³/mol. The Bertz CT molecular complexity index is 794. The van der Waals surface area contributed by atoms with E-state index in [-0.39, 0.29) is 36.4 Å². The Morgan fingerprint density at radius 3 is 2.70 bits per heavy atom. The molecular weight excluding hydrogens is 370 g/mol. The van der Waals surface area contributed by atoms with Crippen LogP contribution in [0.25, 0.3) is 0 Å². The molecule has 0 radical (unpaired) electrons. The number of hydrogen-bond acceptors (Lipinski definition) is 6. The molecule has 1 fully saturated rings. The van der Waals surface area contributed by atoms with Crippen LogP contribution in [0.2, 0.25) is 0 Å². The Hall–Kier alpha value is -1.97. The zero-order valence-electron chi connectivity index (χ0n) is 15.7. The molecule has 1 atom stereocenters. The van der Waals surface area contributed by atoms with E-state index in [1.807, 2.05) is 0 Å². The van der Waals surface area contributed by atoms with Gasteiger partial charge in [-0.15, -0.1) is 0 Å². The van der Waals surface area contributed by atoms with E-state index in [0.717, 1.165) is 12.8 Å². The predicted octanol–water partition coefficient (Wildman–Crippen LogP) is 0.790. The van der Waals surface area contributed by atoms with E-state index < -0.39 is 16.0 Å². The fourth-order valence-corrected chi connectivity index (χ4v) is 5.00. The summed E-state index contributed by atoms with van der Waals surface area (Å²) in [5, 5.41) is 2.76. The molecule has 0 bridgehead atoms. The number of rotatable bonds is 7. The van der Waals surface area contributed by atoms with Crippen molar-refractivity contribution < 1.29 is 22.7 Å². The Kier molecular flexibility index (Phi) is 7.34. The number of carbonyl (C=O) groups excluding carboxylic acids is 2. The number of nitrogens with two attached hydrogens (primary N) is 1. The number of methoxy groups -OCH3 is 1. The maximum atomic E-state index is 13.1. The number of ether oxygens (including phenoxy) is 1. The summed E-state index contributed by atoms with van der Waals surface area (Å²) in [5.74, 6) is -0.686. The monoisotopic (exact) mass is 397 g/mol. The zero-order chi connectivity index (χ0) is 20.0. The average molecular weight is 397 g/mol. The van der Waals surface area contributed by atoms with E-state index in [2.05, 4.69) is 5.32 Å². The largest absolute Gasteiger partial charge is 0.465 e. The van der Waals surface area contributed by atoms with Crippen LogP contribution in [0, 0.1) is 6.92 Å². The second-order valence-corrected chi connectivity index (χ2v) is 8.47. The van der Waals surface area contributed by atoms with Crippen molar-refractivity contribution in [2.75, 3.05) is 26.7 Å². The van der Waals surface area contributed by atoms with Crippen molar-refractivity contribution in [2.24, 2.45) is 5.73 Å². The van der Waals surface area contributed by atoms with Crippen molar-refractivity contribution in [3.63, 3.8) is 0 Å². The summed E-state index contributed by atoms with van der Waals surface area (Å²) in [6.07, 6.45) is 2.57. The fraction of sp³-hybridized carbons (Fsp3) is 0.556. The molecule has 3 N–H and O–H groups in total. The number of hydrogen-bond donors (Lipinski definition) is 2. The number of amides is 1. The zero-order valence-corrected chi connectivity index (χ0v) is 16.5. The Morgan fingerprint density at radius 2 is 2.07 bits per heavy atom. The van der Waals surface area contributed by atoms with Gasteiger partial charge in [-0.1, -0.05) is 6.42 Å². The third-order valence-corrected chi connectivity index (χ3v) is 6.64. The molecule has 0 aliphatic carbocycles. The van der Waals surface area contributed by atoms with Crippen molar-refractivity contribution in [1.82, 2.24) is 9.62 Å². The van der Waals surface area contributed by atoms with Gasteiger partial charge in [-0.05, 0) is 43.5 Å². The molecule has 2 rings (SSSR count). The molecule has 1 aliphatic rings. The van der Waals surface area contributed by atoms with Gasteiger partial charge in [0.1, 0.15) is 0 Å². The molecule has 1 heterocycles. The third-order valence-electron chi connectivity index (χ3n) is 4.69. The number of benzene rings is 1. The molecule has 150 valence electrons. The van der Waals surface area contributed by atoms with Crippen LogP contribution >= 0.6 is 0 Å². The van der Waals surface area contributed by atoms with Crippen LogP contribution in [0.3, 0.4) is 0 Å². The minimum absolute atomic E-state index is 0.132. The number of nitrogens with one attached hydrogen (secondary N) is 1. The first-order valence-electron chi connectivity index (χ1n) is 8.98. The summed E-state index contributed by atoms with van der Waals surface area (Å²) in [6.45, 7) is 2.59. The maximum absolute atomic E-state index is 13.1. The van der Waals surface area contributed by atoms with E-state index in [1.165, 1.54) is 29.6 Å². The van der Waals surface area contributed by atoms with E-state index >= 15 is 0 Å². The van der Waals surface area contributed by atoms with Crippen LogP contribution in [0.15, 0.2) is 23.1 Å². The van der Waals surface area contributed by atoms with E-state index in [9.17, 15) is 18.0 Å². The molecule has 1 aromatic carbocycles. The highest BCUT2D eigenvalue weighted by Gasteiger charge is 2.34. The lowest BCUT2D eigenvalue weighted by Gasteiger charge is -2.34. The summed E-state index contributed by atoms with van der Waals surface area (Å²) in [6, 6.07) is 4.08. The topological polar surface area (TPSA) is 119 Å². The minimum Gasteiger partial charge on any atom is -0.465 e. The van der Waals surface area contributed by atoms with Crippen molar-refractivity contribution in [1.29, 1.82) is 0 Å². The molecule has 1 aromatic rings. The lowest BCUT2D eigenvalue weighted by molar-refractivity contribution is -0.121. The van der Waals surface area contributed by atoms with Gasteiger partial charge in [0.25, 0.3) is 0 Å². The van der Waals surface area contributed by atoms with Gasteiger partial charge in [0.05, 0.1) is 17.6 Å². The van der Waals surface area contributed by atoms with Crippen LogP contribution < -0.4 is 11.1 Å². The van der Waals surface area contributed by atoms with Gasteiger partial charge in [0.15, 0.2) is 0 Å². The number of esters is 1. The Labute approximate surface area is 160 Å². The van der Waals surface area contributed by atoms with Gasteiger partial charge in [0, 0.05) is 32.1 Å². The lowest BCUT2D eigenvalue weighted by atomic mass is 10.1. The van der Waals surface area contributed by atoms with Crippen molar-refractivity contribution >= 4 is 21.9 Å². The highest BCUT2D eigenvalue weighted by molar-refractivity contribution is 7.89. The first-order valence-corrected chi connectivity index (χ1v) is 10.4. The van der Waals surface area contributed by atoms with Crippen LogP contribution in [0.4, 0.5) is 0 Å². The molecule has 1 amide bonds. The van der Waals surface area contributed by atoms with Crippen LogP contribution in [0.5, 0.6) is 0 Å². The molecule has 0 aromatic heterocycles. The Morgan fingerprint density at radius 1 is 1.33 bits per heavy atom. The van der Waals surface area contributed by atoms with Gasteiger partial charge in [-0.2, -0.15) is 4.31 Å². The minimum atomic E-state index is -3.74. The summed E-state index contributed by atoms with van der Waals surface area (Å²) < 4.78 is 32.4. The van der Waals surface area contributed by atoms with Crippen LogP contribution in [-0.2, 0) is 19.6 Å². The molecule has 9 heteroatoms. The first kappa shape index (κ1) is 21.3. The number of nitrogens with zero attached hydrogens (tertiary/aromatic N) is 1. The SMILES string of the molecule is COC(=O)c1ccc(S(=O)(=O)N2CCCCC2CNC(=O)CCN)cc1C. The molecule has 0 spiro atoms. The third kappa shape index (κ3) is 5.06. The molecule has 1 unspecified atom stereocenters. The second-order valence-electron chi connectivity index (χ2n) is 6.58. The molecular formula is C18H27N3O5S. The number of piperidine rings is 1. The van der Waals surface area contributed by atoms with E-state index in [0.29, 0.717) is 24.1 Å². The smallest absolute Gasteiger partial charge is 0.338 e. The molecule has 1 aliphatic heterocycles. The van der Waals surface area contributed by atoms with Gasteiger partial charge in [-0.3, -0.25) is 4.79 Å². The van der Waals surface area contributed by atoms with E-state index in [1.54, 1.807) is 6.92 Å². The van der Waals surface area contributed by atoms with Gasteiger partial charge in [0.2, 0.25) is 15.9 Å². The van der Waals surface area contributed by atoms with Gasteiger partial charge < -0.3 is 15.8 Å². The standard InChI is InChI=1S/C18H27N3O5S/c1-13-11-15(6-7-16(13)18(23)26-2)27(24,25)21-10-4-3-5-14(21)12-20-17(22)8-9-19/h6-7,11,14H,3-5,8-10,12,19H2,1-2H3,(H,20,22). The summed E-state index contributed by atoms with van der Waals surface area (Å²) in [7, 11) is -2.46. The second kappa shape index (κ2) is 9.29. The summed E-state index contributed by atoms with van der Waals surface area (Å²) in [5.41, 5.74) is 6.24. The molecule has 27 heavy (non-hydrogen) atoms. The van der Waals surface area contributed by atoms with Crippen molar-refractivity contribution in [3.05, 3.63) is 29.3 Å². The molecule has 8 nitrogen and oxygen atoms in total. The van der Waals surface area contributed by atoms with E-state index in [4.69, 9.17) is 10.5 Å². The number of sulfonamides is 1. The van der Waals surface area contributed by atoms with Crippen LogP contribution in [-0.4, -0.2) is 57.4 Å². The fourth-order valence-electron chi connectivity index (χ4n) is 3.22. The van der Waals surface area contributed by atoms with Gasteiger partial charge >= 0.3 is 5.97 Å². The number of carbonyl (C=O) groups is 2. The summed E-state index contributed by atoms with van der Waals surface area (Å²) in [4.78, 5) is 23.5. The maximum Gasteiger partial charge on any atom is 0.338 e. The summed E-state index contributed by atoms with van der Waals surface area (Å²) >= 11 is 0. The first-order chi connectivity index (χ1) is 12.8. The average Bonchev–Trinajstić information content (AvgIpc) is 2.66. The molecule has 0 saturated carbocycles. The number of aryl methyl sites for hydroxylation is 1. The van der Waals surface area contributed by atoms with Crippen molar-refractivity contribution in [3.8, 4) is 0 Å². The van der Waals surface area contributed by atoms with Gasteiger partial charge in [-0.25, -0.2) is 13.2 Å². The Balaban J connectivity index is 2.23. The highest BCUT2D eigenvalue weighted by Crippen LogP contribution is 2.26. The van der Waals surface area contributed by atoms with Crippen LogP contribution in [0.1, 0.15) is 41.6 Å². The lowest BCUT2D eigenvalue weighted by Crippen LogP contribution is -2.49. The normalized spacial score (nSPS) is 18.1. The highest BCUT2D eigenvalue weighted by atomic mass is 32.2.